The first-order valence-electron chi connectivity index (χ1n) is 15.6. The van der Waals surface area contributed by atoms with Crippen molar-refractivity contribution in [1.29, 1.82) is 0 Å². The predicted molar refractivity (Wildman–Crippen MR) is 171 cm³/mol. The third-order valence-electron chi connectivity index (χ3n) is 8.82. The first kappa shape index (κ1) is 28.3. The summed E-state index contributed by atoms with van der Waals surface area (Å²) < 4.78 is 9.56. The number of nitrogens with zero attached hydrogens (tertiary/aromatic N) is 7. The van der Waals surface area contributed by atoms with Crippen molar-refractivity contribution in [3.8, 4) is 11.1 Å². The normalized spacial score (nSPS) is 18.6. The number of nitrogen functional groups attached to an aromatic ring is 1. The SMILES string of the molecule is CC(C)(C)OC(=O)N1C[C@@H]2C[C@H]1CN2CCCCc1cc(-c2ccc3cn(Cc4ccccc4)nc3c2)c2c(N)ncnn12. The Balaban J connectivity index is 1.02. The molecule has 10 heteroatoms. The van der Waals surface area contributed by atoms with Gasteiger partial charge in [-0.3, -0.25) is 9.58 Å². The monoisotopic (exact) mass is 592 g/mol. The number of hydrogen-bond acceptors (Lipinski definition) is 7. The molecule has 0 spiro atoms. The summed E-state index contributed by atoms with van der Waals surface area (Å²) >= 11 is 0. The van der Waals surface area contributed by atoms with Crippen molar-refractivity contribution in [2.75, 3.05) is 25.4 Å². The van der Waals surface area contributed by atoms with Gasteiger partial charge in [-0.25, -0.2) is 14.3 Å². The van der Waals surface area contributed by atoms with E-state index in [2.05, 4.69) is 69.7 Å². The number of aryl methyl sites for hydroxylation is 1. The van der Waals surface area contributed by atoms with Gasteiger partial charge < -0.3 is 15.4 Å². The van der Waals surface area contributed by atoms with E-state index in [0.717, 1.165) is 85.1 Å². The lowest BCUT2D eigenvalue weighted by Gasteiger charge is -2.35. The zero-order chi connectivity index (χ0) is 30.4. The molecule has 0 radical (unpaired) electrons. The molecule has 0 aliphatic carbocycles. The molecule has 0 saturated carbocycles. The van der Waals surface area contributed by atoms with Gasteiger partial charge in [0, 0.05) is 48.0 Å². The number of piperazine rings is 1. The summed E-state index contributed by atoms with van der Waals surface area (Å²) in [4.78, 5) is 21.4. The Hall–Kier alpha value is -4.44. The summed E-state index contributed by atoms with van der Waals surface area (Å²) in [6.07, 6.45) is 7.47. The number of likely N-dealkylation sites (tertiary alicyclic amines) is 2. The summed E-state index contributed by atoms with van der Waals surface area (Å²) in [7, 11) is 0. The van der Waals surface area contributed by atoms with E-state index in [-0.39, 0.29) is 12.1 Å². The van der Waals surface area contributed by atoms with Crippen LogP contribution in [0.25, 0.3) is 27.5 Å². The van der Waals surface area contributed by atoms with Crippen LogP contribution in [0.4, 0.5) is 10.6 Å². The van der Waals surface area contributed by atoms with Crippen LogP contribution in [0, 0.1) is 0 Å². The van der Waals surface area contributed by atoms with Crippen LogP contribution in [0.5, 0.6) is 0 Å². The molecular formula is C34H40N8O2. The lowest BCUT2D eigenvalue weighted by Crippen LogP contribution is -2.50. The Labute approximate surface area is 257 Å². The Bertz CT molecular complexity index is 1800. The lowest BCUT2D eigenvalue weighted by atomic mass is 10.0. The first-order chi connectivity index (χ1) is 21.2. The summed E-state index contributed by atoms with van der Waals surface area (Å²) in [5.41, 5.74) is 12.1. The van der Waals surface area contributed by atoms with Crippen molar-refractivity contribution in [2.45, 2.75) is 70.7 Å². The van der Waals surface area contributed by atoms with Gasteiger partial charge in [0.05, 0.1) is 12.1 Å². The van der Waals surface area contributed by atoms with Crippen LogP contribution in [0.15, 0.2) is 67.1 Å². The number of fused-ring (bicyclic) bond motifs is 4. The largest absolute Gasteiger partial charge is 0.444 e. The molecule has 2 atom stereocenters. The smallest absolute Gasteiger partial charge is 0.410 e. The molecule has 1 amide bonds. The summed E-state index contributed by atoms with van der Waals surface area (Å²) in [5, 5.41) is 10.5. The standard InChI is InChI=1S/C34H40N8O2/c1-34(2,3)44-33(43)41-21-27-16-28(41)20-39(27)14-8-7-11-26-17-29(31-32(35)36-22-37-42(26)31)24-12-13-25-19-40(38-30(25)15-24)18-23-9-5-4-6-10-23/h4-6,9-10,12-13,15,17,19,22,27-28H,7-8,11,14,16,18,20-21H2,1-3H3,(H2,35,36,37)/t27-,28-/m0/s1. The fourth-order valence-electron chi connectivity index (χ4n) is 6.81. The number of anilines is 1. The minimum atomic E-state index is -0.463. The van der Waals surface area contributed by atoms with Gasteiger partial charge in [0.2, 0.25) is 0 Å². The third kappa shape index (κ3) is 5.61. The second-order valence-electron chi connectivity index (χ2n) is 13.2. The van der Waals surface area contributed by atoms with E-state index in [1.165, 1.54) is 11.9 Å². The van der Waals surface area contributed by atoms with Crippen molar-refractivity contribution in [3.05, 3.63) is 78.4 Å². The molecule has 44 heavy (non-hydrogen) atoms. The number of amides is 1. The van der Waals surface area contributed by atoms with Crippen LogP contribution in [0.2, 0.25) is 0 Å². The van der Waals surface area contributed by atoms with E-state index < -0.39 is 5.60 Å². The molecule has 10 nitrogen and oxygen atoms in total. The van der Waals surface area contributed by atoms with E-state index in [4.69, 9.17) is 15.6 Å². The second-order valence-corrected chi connectivity index (χ2v) is 13.2. The molecule has 0 unspecified atom stereocenters. The molecule has 2 saturated heterocycles. The maximum atomic E-state index is 12.6. The van der Waals surface area contributed by atoms with Crippen molar-refractivity contribution in [2.24, 2.45) is 0 Å². The van der Waals surface area contributed by atoms with E-state index in [1.54, 1.807) is 0 Å². The zero-order valence-electron chi connectivity index (χ0n) is 25.7. The van der Waals surface area contributed by atoms with Crippen LogP contribution < -0.4 is 5.73 Å². The van der Waals surface area contributed by atoms with Gasteiger partial charge >= 0.3 is 6.09 Å². The predicted octanol–water partition coefficient (Wildman–Crippen LogP) is 5.39. The molecule has 2 bridgehead atoms. The van der Waals surface area contributed by atoms with Crippen LogP contribution >= 0.6 is 0 Å². The number of nitrogens with two attached hydrogens (primary N) is 1. The fraction of sp³-hybridized carbons (Fsp3) is 0.412. The quantitative estimate of drug-likeness (QED) is 0.241. The molecule has 228 valence electrons. The zero-order valence-corrected chi connectivity index (χ0v) is 25.7. The maximum absolute atomic E-state index is 12.6. The number of carbonyl (C=O) groups is 1. The molecule has 2 fully saturated rings. The van der Waals surface area contributed by atoms with Gasteiger partial charge in [-0.05, 0) is 76.3 Å². The van der Waals surface area contributed by atoms with Gasteiger partial charge in [-0.15, -0.1) is 0 Å². The highest BCUT2D eigenvalue weighted by molar-refractivity contribution is 5.92. The van der Waals surface area contributed by atoms with Gasteiger partial charge in [0.1, 0.15) is 17.4 Å². The van der Waals surface area contributed by atoms with E-state index >= 15 is 0 Å². The number of benzene rings is 2. The Morgan fingerprint density at radius 3 is 2.66 bits per heavy atom. The van der Waals surface area contributed by atoms with Crippen LogP contribution in [-0.2, 0) is 17.7 Å². The van der Waals surface area contributed by atoms with Crippen LogP contribution in [0.3, 0.4) is 0 Å². The number of carbonyl (C=O) groups excluding carboxylic acids is 1. The molecule has 3 aromatic heterocycles. The summed E-state index contributed by atoms with van der Waals surface area (Å²) in [5.74, 6) is 0.471. The second kappa shape index (κ2) is 11.2. The van der Waals surface area contributed by atoms with Crippen molar-refractivity contribution < 1.29 is 9.53 Å². The Morgan fingerprint density at radius 2 is 1.89 bits per heavy atom. The Kier molecular flexibility index (Phi) is 7.24. The Morgan fingerprint density at radius 1 is 1.05 bits per heavy atom. The van der Waals surface area contributed by atoms with E-state index in [1.807, 2.05) is 40.9 Å². The highest BCUT2D eigenvalue weighted by Gasteiger charge is 2.46. The van der Waals surface area contributed by atoms with Gasteiger partial charge in [0.15, 0.2) is 5.82 Å². The number of ether oxygens (including phenoxy) is 1. The minimum Gasteiger partial charge on any atom is -0.444 e. The molecule has 2 aromatic carbocycles. The highest BCUT2D eigenvalue weighted by Crippen LogP contribution is 2.34. The molecule has 2 N–H and O–H groups in total. The average molecular weight is 593 g/mol. The maximum Gasteiger partial charge on any atom is 0.410 e. The topological polar surface area (TPSA) is 107 Å². The third-order valence-corrected chi connectivity index (χ3v) is 8.82. The van der Waals surface area contributed by atoms with Crippen molar-refractivity contribution in [1.82, 2.24) is 34.2 Å². The highest BCUT2D eigenvalue weighted by atomic mass is 16.6. The molecule has 5 aromatic rings. The number of hydrogen-bond donors (Lipinski definition) is 1. The van der Waals surface area contributed by atoms with Crippen LogP contribution in [-0.4, -0.2) is 77.6 Å². The van der Waals surface area contributed by atoms with Gasteiger partial charge in [-0.2, -0.15) is 10.2 Å². The average Bonchev–Trinajstić information content (AvgIpc) is 3.77. The molecule has 2 aliphatic heterocycles. The molecule has 5 heterocycles. The molecule has 2 aliphatic rings. The first-order valence-corrected chi connectivity index (χ1v) is 15.6. The lowest BCUT2D eigenvalue weighted by molar-refractivity contribution is 0.0129. The van der Waals surface area contributed by atoms with Crippen LogP contribution in [0.1, 0.15) is 51.3 Å². The van der Waals surface area contributed by atoms with E-state index in [9.17, 15) is 4.79 Å². The van der Waals surface area contributed by atoms with Crippen molar-refractivity contribution >= 4 is 28.3 Å². The molecular weight excluding hydrogens is 552 g/mol. The van der Waals surface area contributed by atoms with Gasteiger partial charge in [-0.1, -0.05) is 42.5 Å². The number of rotatable bonds is 8. The summed E-state index contributed by atoms with van der Waals surface area (Å²) in [6.45, 7) is 9.20. The van der Waals surface area contributed by atoms with E-state index in [0.29, 0.717) is 11.9 Å². The number of unbranched alkanes of at least 4 members (excludes halogenated alkanes) is 1. The fourth-order valence-corrected chi connectivity index (χ4v) is 6.81. The molecule has 7 rings (SSSR count). The number of aromatic nitrogens is 5. The van der Waals surface area contributed by atoms with Gasteiger partial charge in [0.25, 0.3) is 0 Å². The van der Waals surface area contributed by atoms with Crippen molar-refractivity contribution in [3.63, 3.8) is 0 Å². The summed E-state index contributed by atoms with van der Waals surface area (Å²) in [6, 6.07) is 19.6. The minimum absolute atomic E-state index is 0.179.